The Hall–Kier alpha value is -2.67. The number of aromatic nitrogens is 4. The number of H-pyrrole nitrogens is 1. The number of aromatic amines is 1. The van der Waals surface area contributed by atoms with Crippen LogP contribution in [0.4, 0.5) is 17.5 Å². The third kappa shape index (κ3) is 4.19. The van der Waals surface area contributed by atoms with Crippen LogP contribution in [0.5, 0.6) is 0 Å². The van der Waals surface area contributed by atoms with E-state index in [0.717, 1.165) is 16.9 Å². The van der Waals surface area contributed by atoms with E-state index in [1.807, 2.05) is 18.5 Å². The van der Waals surface area contributed by atoms with Gasteiger partial charge in [0.05, 0.1) is 18.7 Å². The average molecular weight is 369 g/mol. The van der Waals surface area contributed by atoms with Gasteiger partial charge in [0, 0.05) is 5.69 Å². The summed E-state index contributed by atoms with van der Waals surface area (Å²) in [5.74, 6) is 1.46. The van der Waals surface area contributed by atoms with Gasteiger partial charge in [-0.3, -0.25) is 4.98 Å². The molecule has 1 aromatic carbocycles. The number of imidazole rings is 1. The molecule has 0 unspecified atom stereocenters. The van der Waals surface area contributed by atoms with Gasteiger partial charge in [0.15, 0.2) is 12.1 Å². The molecule has 4 N–H and O–H groups in total. The zero-order chi connectivity index (χ0) is 19.6. The van der Waals surface area contributed by atoms with Gasteiger partial charge in [-0.05, 0) is 44.4 Å². The van der Waals surface area contributed by atoms with Crippen LogP contribution >= 0.6 is 0 Å². The molecule has 2 aromatic heterocycles. The minimum absolute atomic E-state index is 0.0248. The molecule has 144 valence electrons. The van der Waals surface area contributed by atoms with Crippen molar-refractivity contribution in [3.05, 3.63) is 36.2 Å². The summed E-state index contributed by atoms with van der Waals surface area (Å²) in [4.78, 5) is 12.7. The van der Waals surface area contributed by atoms with Gasteiger partial charge in [-0.2, -0.15) is 4.98 Å². The Morgan fingerprint density at radius 3 is 2.59 bits per heavy atom. The molecule has 0 radical (unpaired) electrons. The predicted octanol–water partition coefficient (Wildman–Crippen LogP) is 3.31. The van der Waals surface area contributed by atoms with Crippen molar-refractivity contribution in [1.29, 1.82) is 0 Å². The summed E-state index contributed by atoms with van der Waals surface area (Å²) in [6, 6.07) is 8.30. The molecule has 0 spiro atoms. The first-order valence-corrected chi connectivity index (χ1v) is 9.40. The molecule has 27 heavy (non-hydrogen) atoms. The first kappa shape index (κ1) is 19.1. The van der Waals surface area contributed by atoms with Gasteiger partial charge in [-0.1, -0.05) is 31.0 Å². The fraction of sp³-hybridized carbons (Fsp3) is 0.450. The molecule has 3 rings (SSSR count). The second-order valence-electron chi connectivity index (χ2n) is 7.54. The van der Waals surface area contributed by atoms with Crippen molar-refractivity contribution >= 4 is 28.6 Å². The van der Waals surface area contributed by atoms with Crippen LogP contribution in [-0.4, -0.2) is 32.7 Å². The molecule has 7 heteroatoms. The van der Waals surface area contributed by atoms with E-state index in [9.17, 15) is 5.11 Å². The van der Waals surface area contributed by atoms with E-state index < -0.39 is 0 Å². The Bertz CT molecular complexity index is 918. The molecule has 0 aliphatic carbocycles. The summed E-state index contributed by atoms with van der Waals surface area (Å²) < 4.78 is 2.08. The normalized spacial score (nSPS) is 12.7. The SMILES string of the molecule is Cc1cccc(Nc2nc(N[C@@H](CO)C(C)C)nc3c2[nH]c[n+]3C(C)C)c1. The maximum atomic E-state index is 9.66. The molecule has 7 nitrogen and oxygen atoms in total. The Balaban J connectivity index is 2.07. The van der Waals surface area contributed by atoms with Crippen molar-refractivity contribution < 1.29 is 9.67 Å². The molecule has 0 amide bonds. The molecule has 2 heterocycles. The number of aliphatic hydroxyl groups excluding tert-OH is 1. The van der Waals surface area contributed by atoms with Crippen molar-refractivity contribution in [1.82, 2.24) is 15.0 Å². The van der Waals surface area contributed by atoms with Gasteiger partial charge in [-0.25, -0.2) is 4.57 Å². The maximum absolute atomic E-state index is 9.66. The topological polar surface area (TPSA) is 89.7 Å². The van der Waals surface area contributed by atoms with Crippen molar-refractivity contribution in [2.75, 3.05) is 17.2 Å². The molecular formula is C20H29N6O+. The lowest BCUT2D eigenvalue weighted by molar-refractivity contribution is -0.692. The number of nitrogens with zero attached hydrogens (tertiary/aromatic N) is 3. The van der Waals surface area contributed by atoms with E-state index in [1.54, 1.807) is 0 Å². The zero-order valence-electron chi connectivity index (χ0n) is 16.6. The maximum Gasteiger partial charge on any atom is 0.309 e. The number of nitrogens with one attached hydrogen (secondary N) is 3. The minimum atomic E-state index is -0.110. The monoisotopic (exact) mass is 369 g/mol. The van der Waals surface area contributed by atoms with Crippen molar-refractivity contribution in [2.45, 2.75) is 46.7 Å². The molecule has 3 aromatic rings. The van der Waals surface area contributed by atoms with E-state index in [1.165, 1.54) is 5.56 Å². The molecule has 0 saturated heterocycles. The first-order chi connectivity index (χ1) is 12.9. The van der Waals surface area contributed by atoms with Crippen molar-refractivity contribution in [2.24, 2.45) is 5.92 Å². The molecule has 0 fully saturated rings. The predicted molar refractivity (Wildman–Crippen MR) is 108 cm³/mol. The van der Waals surface area contributed by atoms with Crippen LogP contribution in [0.1, 0.15) is 39.3 Å². The van der Waals surface area contributed by atoms with Crippen LogP contribution in [0.25, 0.3) is 11.2 Å². The summed E-state index contributed by atoms with van der Waals surface area (Å²) in [5, 5.41) is 16.3. The minimum Gasteiger partial charge on any atom is -0.394 e. The summed E-state index contributed by atoms with van der Waals surface area (Å²) in [6.45, 7) is 10.4. The number of aliphatic hydroxyl groups is 1. The van der Waals surface area contributed by atoms with E-state index in [-0.39, 0.29) is 24.6 Å². The highest BCUT2D eigenvalue weighted by molar-refractivity contribution is 5.84. The highest BCUT2D eigenvalue weighted by atomic mass is 16.3. The van der Waals surface area contributed by atoms with E-state index in [0.29, 0.717) is 11.8 Å². The standard InChI is InChI=1S/C20H28N6O/c1-12(2)16(10-27)23-20-24-18(22-15-8-6-7-14(5)9-15)17-19(25-20)26(11-21-17)13(3)4/h6-9,11-13,16,27H,10H2,1-5H3,(H2,22,23,24,25)/p+1/t16-/m0/s1. The zero-order valence-corrected chi connectivity index (χ0v) is 16.6. The molecule has 0 aliphatic rings. The molecule has 0 saturated carbocycles. The molecular weight excluding hydrogens is 340 g/mol. The van der Waals surface area contributed by atoms with Crippen LogP contribution in [0.15, 0.2) is 30.6 Å². The highest BCUT2D eigenvalue weighted by Gasteiger charge is 2.23. The number of rotatable bonds is 7. The van der Waals surface area contributed by atoms with Gasteiger partial charge < -0.3 is 15.7 Å². The Morgan fingerprint density at radius 1 is 1.19 bits per heavy atom. The Kier molecular flexibility index (Phi) is 5.60. The van der Waals surface area contributed by atoms with E-state index >= 15 is 0 Å². The Labute approximate surface area is 159 Å². The van der Waals surface area contributed by atoms with E-state index in [2.05, 4.69) is 71.9 Å². The quantitative estimate of drug-likeness (QED) is 0.480. The third-order valence-corrected chi connectivity index (χ3v) is 4.64. The first-order valence-electron chi connectivity index (χ1n) is 9.40. The average Bonchev–Trinajstić information content (AvgIpc) is 3.04. The lowest BCUT2D eigenvalue weighted by Crippen LogP contribution is -2.35. The van der Waals surface area contributed by atoms with Crippen molar-refractivity contribution in [3.63, 3.8) is 0 Å². The number of hydrogen-bond donors (Lipinski definition) is 4. The van der Waals surface area contributed by atoms with Crippen LogP contribution < -0.4 is 15.2 Å². The van der Waals surface area contributed by atoms with Gasteiger partial charge in [0.25, 0.3) is 0 Å². The van der Waals surface area contributed by atoms with Crippen LogP contribution in [0.3, 0.4) is 0 Å². The molecule has 1 atom stereocenters. The Morgan fingerprint density at radius 2 is 1.96 bits per heavy atom. The van der Waals surface area contributed by atoms with E-state index in [4.69, 9.17) is 4.98 Å². The summed E-state index contributed by atoms with van der Waals surface area (Å²) >= 11 is 0. The van der Waals surface area contributed by atoms with Crippen LogP contribution in [0, 0.1) is 12.8 Å². The number of anilines is 3. The fourth-order valence-electron chi connectivity index (χ4n) is 2.96. The van der Waals surface area contributed by atoms with Crippen LogP contribution in [0.2, 0.25) is 0 Å². The molecule has 0 bridgehead atoms. The van der Waals surface area contributed by atoms with Gasteiger partial charge >= 0.3 is 11.6 Å². The molecule has 0 aliphatic heterocycles. The lowest BCUT2D eigenvalue weighted by atomic mass is 10.1. The summed E-state index contributed by atoms with van der Waals surface area (Å²) in [6.07, 6.45) is 1.92. The number of aryl methyl sites for hydroxylation is 1. The second kappa shape index (κ2) is 7.92. The van der Waals surface area contributed by atoms with Crippen LogP contribution in [-0.2, 0) is 0 Å². The fourth-order valence-corrected chi connectivity index (χ4v) is 2.96. The number of fused-ring (bicyclic) bond motifs is 1. The summed E-state index contributed by atoms with van der Waals surface area (Å²) in [7, 11) is 0. The second-order valence-corrected chi connectivity index (χ2v) is 7.54. The highest BCUT2D eigenvalue weighted by Crippen LogP contribution is 2.24. The van der Waals surface area contributed by atoms with Gasteiger partial charge in [-0.15, -0.1) is 0 Å². The van der Waals surface area contributed by atoms with Gasteiger partial charge in [0.1, 0.15) is 0 Å². The largest absolute Gasteiger partial charge is 0.394 e. The number of hydrogen-bond acceptors (Lipinski definition) is 5. The smallest absolute Gasteiger partial charge is 0.309 e. The lowest BCUT2D eigenvalue weighted by Gasteiger charge is -2.19. The van der Waals surface area contributed by atoms with Crippen molar-refractivity contribution in [3.8, 4) is 0 Å². The van der Waals surface area contributed by atoms with Gasteiger partial charge in [0.2, 0.25) is 5.52 Å². The summed E-state index contributed by atoms with van der Waals surface area (Å²) in [5.41, 5.74) is 3.81. The third-order valence-electron chi connectivity index (χ3n) is 4.64. The number of benzene rings is 1.